The number of ether oxygens (including phenoxy) is 3. The van der Waals surface area contributed by atoms with Crippen LogP contribution in [0.5, 0.6) is 11.5 Å². The Morgan fingerprint density at radius 2 is 1.94 bits per heavy atom. The van der Waals surface area contributed by atoms with Crippen LogP contribution in [0.4, 0.5) is 5.69 Å². The molecule has 0 spiro atoms. The van der Waals surface area contributed by atoms with E-state index in [4.69, 9.17) is 25.8 Å². The zero-order valence-electron chi connectivity index (χ0n) is 17.0. The topological polar surface area (TPSA) is 86.8 Å². The van der Waals surface area contributed by atoms with Gasteiger partial charge in [0.05, 0.1) is 24.9 Å². The van der Waals surface area contributed by atoms with Gasteiger partial charge in [-0.25, -0.2) is 4.98 Å². The summed E-state index contributed by atoms with van der Waals surface area (Å²) >= 11 is 7.33. The van der Waals surface area contributed by atoms with Crippen molar-refractivity contribution in [1.82, 2.24) is 4.98 Å². The third-order valence-electron chi connectivity index (χ3n) is 4.11. The molecule has 0 aliphatic carbocycles. The minimum atomic E-state index is -0.551. The molecule has 0 radical (unpaired) electrons. The molecular formula is C22H21ClN2O5S. The van der Waals surface area contributed by atoms with Crippen molar-refractivity contribution in [3.63, 3.8) is 0 Å². The number of nitrogens with one attached hydrogen (secondary N) is 1. The van der Waals surface area contributed by atoms with Gasteiger partial charge in [-0.05, 0) is 37.3 Å². The molecular weight excluding hydrogens is 440 g/mol. The van der Waals surface area contributed by atoms with Crippen LogP contribution in [0.15, 0.2) is 47.8 Å². The number of rotatable bonds is 9. The van der Waals surface area contributed by atoms with Crippen molar-refractivity contribution in [1.29, 1.82) is 0 Å². The Hall–Kier alpha value is -3.10. The van der Waals surface area contributed by atoms with Gasteiger partial charge in [0, 0.05) is 10.4 Å². The number of carbonyl (C=O) groups is 2. The van der Waals surface area contributed by atoms with E-state index in [1.165, 1.54) is 18.4 Å². The summed E-state index contributed by atoms with van der Waals surface area (Å²) in [5.41, 5.74) is 2.12. The molecule has 0 saturated heterocycles. The number of aromatic nitrogens is 1. The van der Waals surface area contributed by atoms with Gasteiger partial charge in [-0.3, -0.25) is 9.59 Å². The number of hydrogen-bond acceptors (Lipinski definition) is 7. The van der Waals surface area contributed by atoms with Crippen molar-refractivity contribution >= 4 is 40.5 Å². The summed E-state index contributed by atoms with van der Waals surface area (Å²) in [6.45, 7) is 1.89. The molecule has 0 fully saturated rings. The number of nitrogens with zero attached hydrogens (tertiary/aromatic N) is 1. The molecule has 9 heteroatoms. The van der Waals surface area contributed by atoms with Crippen molar-refractivity contribution in [2.45, 2.75) is 20.0 Å². The van der Waals surface area contributed by atoms with Gasteiger partial charge < -0.3 is 19.5 Å². The van der Waals surface area contributed by atoms with Crippen molar-refractivity contribution in [3.8, 4) is 11.5 Å². The smallest absolute Gasteiger partial charge is 0.312 e. The fraction of sp³-hybridized carbons (Fsp3) is 0.227. The van der Waals surface area contributed by atoms with Gasteiger partial charge in [0.1, 0.15) is 23.1 Å². The van der Waals surface area contributed by atoms with E-state index in [-0.39, 0.29) is 6.42 Å². The fourth-order valence-electron chi connectivity index (χ4n) is 2.59. The van der Waals surface area contributed by atoms with Crippen LogP contribution >= 0.6 is 22.9 Å². The summed E-state index contributed by atoms with van der Waals surface area (Å²) in [6.07, 6.45) is -0.0329. The molecule has 31 heavy (non-hydrogen) atoms. The van der Waals surface area contributed by atoms with Gasteiger partial charge >= 0.3 is 5.97 Å². The van der Waals surface area contributed by atoms with E-state index in [1.54, 1.807) is 23.6 Å². The van der Waals surface area contributed by atoms with Crippen LogP contribution in [-0.4, -0.2) is 30.6 Å². The number of benzene rings is 2. The van der Waals surface area contributed by atoms with Gasteiger partial charge in [0.15, 0.2) is 6.61 Å². The molecule has 1 heterocycles. The zero-order chi connectivity index (χ0) is 22.2. The Kier molecular flexibility index (Phi) is 7.86. The molecule has 7 nitrogen and oxygen atoms in total. The number of esters is 1. The first kappa shape index (κ1) is 22.6. The molecule has 1 amide bonds. The van der Waals surface area contributed by atoms with E-state index in [9.17, 15) is 9.59 Å². The van der Waals surface area contributed by atoms with Gasteiger partial charge in [0.25, 0.3) is 5.91 Å². The summed E-state index contributed by atoms with van der Waals surface area (Å²) in [6, 6.07) is 12.6. The summed E-state index contributed by atoms with van der Waals surface area (Å²) in [4.78, 5) is 28.5. The van der Waals surface area contributed by atoms with Gasteiger partial charge in [-0.1, -0.05) is 29.3 Å². The van der Waals surface area contributed by atoms with Crippen molar-refractivity contribution in [2.75, 3.05) is 19.0 Å². The first-order valence-electron chi connectivity index (χ1n) is 9.34. The number of halogens is 1. The Morgan fingerprint density at radius 3 is 2.68 bits per heavy atom. The first-order chi connectivity index (χ1) is 14.9. The van der Waals surface area contributed by atoms with Gasteiger partial charge in [-0.2, -0.15) is 0 Å². The lowest BCUT2D eigenvalue weighted by atomic mass is 10.2. The molecule has 3 rings (SSSR count). The van der Waals surface area contributed by atoms with Crippen LogP contribution in [-0.2, 0) is 27.4 Å². The molecule has 0 saturated carbocycles. The highest BCUT2D eigenvalue weighted by atomic mass is 35.5. The second kappa shape index (κ2) is 10.8. The van der Waals surface area contributed by atoms with Gasteiger partial charge in [0.2, 0.25) is 0 Å². The maximum absolute atomic E-state index is 12.1. The van der Waals surface area contributed by atoms with Crippen LogP contribution in [0.25, 0.3) is 0 Å². The summed E-state index contributed by atoms with van der Waals surface area (Å²) < 4.78 is 15.9. The molecule has 0 atom stereocenters. The lowest BCUT2D eigenvalue weighted by molar-refractivity contribution is -0.146. The van der Waals surface area contributed by atoms with Gasteiger partial charge in [-0.15, -0.1) is 11.3 Å². The number of hydrogen-bond donors (Lipinski definition) is 1. The average Bonchev–Trinajstić information content (AvgIpc) is 3.19. The molecule has 3 aromatic rings. The van der Waals surface area contributed by atoms with E-state index in [2.05, 4.69) is 10.3 Å². The SMILES string of the molecule is COc1ccc(Cl)cc1NC(=O)COC(=O)Cc1csc(COc2ccc(C)cc2)n1. The number of thiazole rings is 1. The zero-order valence-corrected chi connectivity index (χ0v) is 18.6. The van der Waals surface area contributed by atoms with Crippen LogP contribution in [0.2, 0.25) is 5.02 Å². The monoisotopic (exact) mass is 460 g/mol. The van der Waals surface area contributed by atoms with E-state index in [1.807, 2.05) is 31.2 Å². The fourth-order valence-corrected chi connectivity index (χ4v) is 3.46. The largest absolute Gasteiger partial charge is 0.495 e. The lowest BCUT2D eigenvalue weighted by Gasteiger charge is -2.10. The number of aryl methyl sites for hydroxylation is 1. The standard InChI is InChI=1S/C22H21ClN2O5S/c1-14-3-6-17(7-4-14)29-12-21-24-16(13-31-21)10-22(27)30-11-20(26)25-18-9-15(23)5-8-19(18)28-2/h3-9,13H,10-12H2,1-2H3,(H,25,26). The predicted octanol–water partition coefficient (Wildman–Crippen LogP) is 4.42. The van der Waals surface area contributed by atoms with E-state index < -0.39 is 18.5 Å². The first-order valence-corrected chi connectivity index (χ1v) is 10.6. The van der Waals surface area contributed by atoms with E-state index >= 15 is 0 Å². The molecule has 1 aromatic heterocycles. The maximum Gasteiger partial charge on any atom is 0.312 e. The van der Waals surface area contributed by atoms with Crippen LogP contribution in [0.1, 0.15) is 16.3 Å². The highest BCUT2D eigenvalue weighted by Gasteiger charge is 2.13. The predicted molar refractivity (Wildman–Crippen MR) is 119 cm³/mol. The lowest BCUT2D eigenvalue weighted by Crippen LogP contribution is -2.22. The highest BCUT2D eigenvalue weighted by molar-refractivity contribution is 7.09. The third kappa shape index (κ3) is 6.97. The van der Waals surface area contributed by atoms with E-state index in [0.717, 1.165) is 16.3 Å². The number of anilines is 1. The third-order valence-corrected chi connectivity index (χ3v) is 5.21. The number of amides is 1. The molecule has 0 aliphatic rings. The Balaban J connectivity index is 1.44. The molecule has 2 aromatic carbocycles. The normalized spacial score (nSPS) is 10.4. The minimum Gasteiger partial charge on any atom is -0.495 e. The van der Waals surface area contributed by atoms with E-state index in [0.29, 0.717) is 28.8 Å². The number of methoxy groups -OCH3 is 1. The second-order valence-corrected chi connectivity index (χ2v) is 7.94. The quantitative estimate of drug-likeness (QED) is 0.476. The molecule has 162 valence electrons. The Morgan fingerprint density at radius 1 is 1.16 bits per heavy atom. The maximum atomic E-state index is 12.1. The summed E-state index contributed by atoms with van der Waals surface area (Å²) in [5, 5.41) is 5.56. The Bertz CT molecular complexity index is 1050. The number of carbonyl (C=O) groups excluding carboxylic acids is 2. The van der Waals surface area contributed by atoms with Crippen molar-refractivity contribution in [2.24, 2.45) is 0 Å². The molecule has 1 N–H and O–H groups in total. The molecule has 0 unspecified atom stereocenters. The highest BCUT2D eigenvalue weighted by Crippen LogP contribution is 2.27. The van der Waals surface area contributed by atoms with Crippen molar-refractivity contribution < 1.29 is 23.8 Å². The minimum absolute atomic E-state index is 0.0329. The second-order valence-electron chi connectivity index (χ2n) is 6.56. The average molecular weight is 461 g/mol. The summed E-state index contributed by atoms with van der Waals surface area (Å²) in [7, 11) is 1.48. The molecule has 0 bridgehead atoms. The van der Waals surface area contributed by atoms with Crippen LogP contribution in [0, 0.1) is 6.92 Å². The molecule has 0 aliphatic heterocycles. The van der Waals surface area contributed by atoms with Crippen LogP contribution < -0.4 is 14.8 Å². The van der Waals surface area contributed by atoms with Crippen LogP contribution in [0.3, 0.4) is 0 Å². The van der Waals surface area contributed by atoms with Crippen molar-refractivity contribution in [3.05, 3.63) is 69.1 Å². The Labute approximate surface area is 188 Å². The summed E-state index contributed by atoms with van der Waals surface area (Å²) in [5.74, 6) is 0.153.